The van der Waals surface area contributed by atoms with Crippen LogP contribution in [0, 0.1) is 0 Å². The fraction of sp³-hybridized carbons (Fsp3) is 0.111. The molecule has 0 bridgehead atoms. The molecule has 21 heavy (non-hydrogen) atoms. The molecule has 0 amide bonds. The Bertz CT molecular complexity index is 659. The van der Waals surface area contributed by atoms with Crippen LogP contribution in [0.2, 0.25) is 0 Å². The first-order chi connectivity index (χ1) is 10.2. The summed E-state index contributed by atoms with van der Waals surface area (Å²) in [6.45, 7) is 0. The monoisotopic (exact) mass is 277 g/mol. The minimum atomic E-state index is -0.468. The van der Waals surface area contributed by atoms with Gasteiger partial charge in [0.25, 0.3) is 0 Å². The van der Waals surface area contributed by atoms with Gasteiger partial charge in [0.2, 0.25) is 0 Å². The number of nitrogen functional groups attached to an aromatic ring is 1. The summed E-state index contributed by atoms with van der Waals surface area (Å²) in [6, 6.07) is 17.8. The maximum atomic E-state index is 6.40. The third-order valence-electron chi connectivity index (χ3n) is 3.83. The van der Waals surface area contributed by atoms with Gasteiger partial charge in [-0.1, -0.05) is 54.6 Å². The molecule has 5 N–H and O–H groups in total. The third kappa shape index (κ3) is 2.56. The van der Waals surface area contributed by atoms with E-state index in [2.05, 4.69) is 11.4 Å². The first kappa shape index (κ1) is 13.5. The summed E-state index contributed by atoms with van der Waals surface area (Å²) in [6.07, 6.45) is 8.12. The largest absolute Gasteiger partial charge is 0.399 e. The highest BCUT2D eigenvalue weighted by atomic mass is 15.0. The molecule has 2 atom stereocenters. The van der Waals surface area contributed by atoms with Crippen LogP contribution in [0.1, 0.15) is 5.56 Å². The Morgan fingerprint density at radius 2 is 1.62 bits per heavy atom. The van der Waals surface area contributed by atoms with E-state index in [1.54, 1.807) is 0 Å². The molecule has 0 radical (unpaired) electrons. The van der Waals surface area contributed by atoms with E-state index in [1.165, 1.54) is 0 Å². The van der Waals surface area contributed by atoms with Crippen molar-refractivity contribution >= 4 is 11.4 Å². The molecular weight excluding hydrogens is 258 g/mol. The minimum Gasteiger partial charge on any atom is -0.399 e. The van der Waals surface area contributed by atoms with Crippen molar-refractivity contribution in [3.63, 3.8) is 0 Å². The number of hydrogen-bond donors (Lipinski definition) is 3. The van der Waals surface area contributed by atoms with Crippen molar-refractivity contribution in [3.05, 3.63) is 84.5 Å². The normalized spacial score (nSPS) is 24.0. The number of benzene rings is 2. The number of nitrogens with two attached hydrogens (primary N) is 2. The molecule has 0 heterocycles. The highest BCUT2D eigenvalue weighted by Crippen LogP contribution is 2.33. The molecule has 106 valence electrons. The van der Waals surface area contributed by atoms with Gasteiger partial charge in [0.1, 0.15) is 5.54 Å². The minimum absolute atomic E-state index is 0.161. The SMILES string of the molecule is Nc1ccc(C2(Nc3ccccc3)C=CC=CC2N)cc1. The molecule has 2 aromatic rings. The number of para-hydroxylation sites is 1. The second kappa shape index (κ2) is 5.46. The molecular formula is C18H19N3. The number of nitrogens with one attached hydrogen (secondary N) is 1. The maximum Gasteiger partial charge on any atom is 0.100 e. The van der Waals surface area contributed by atoms with Crippen molar-refractivity contribution in [3.8, 4) is 0 Å². The molecule has 2 unspecified atom stereocenters. The predicted octanol–water partition coefficient (Wildman–Crippen LogP) is 3.03. The molecule has 3 rings (SSSR count). The van der Waals surface area contributed by atoms with Gasteiger partial charge in [-0.15, -0.1) is 0 Å². The second-order valence-electron chi connectivity index (χ2n) is 5.25. The highest BCUT2D eigenvalue weighted by molar-refractivity contribution is 5.55. The van der Waals surface area contributed by atoms with E-state index in [0.29, 0.717) is 0 Å². The van der Waals surface area contributed by atoms with Gasteiger partial charge in [-0.25, -0.2) is 0 Å². The zero-order valence-corrected chi connectivity index (χ0v) is 11.7. The van der Waals surface area contributed by atoms with Crippen LogP contribution < -0.4 is 16.8 Å². The average Bonchev–Trinajstić information content (AvgIpc) is 2.51. The molecule has 0 fully saturated rings. The maximum absolute atomic E-state index is 6.40. The van der Waals surface area contributed by atoms with Crippen molar-refractivity contribution in [2.75, 3.05) is 11.1 Å². The molecule has 1 aliphatic carbocycles. The van der Waals surface area contributed by atoms with Gasteiger partial charge in [0.15, 0.2) is 0 Å². The van der Waals surface area contributed by atoms with Gasteiger partial charge in [-0.05, 0) is 29.8 Å². The molecule has 1 aliphatic rings. The Kier molecular flexibility index (Phi) is 3.50. The zero-order valence-electron chi connectivity index (χ0n) is 11.7. The van der Waals surface area contributed by atoms with Crippen molar-refractivity contribution < 1.29 is 0 Å². The molecule has 0 saturated carbocycles. The molecule has 0 aromatic heterocycles. The van der Waals surface area contributed by atoms with Crippen molar-refractivity contribution in [2.24, 2.45) is 5.73 Å². The van der Waals surface area contributed by atoms with Gasteiger partial charge in [-0.2, -0.15) is 0 Å². The number of allylic oxidation sites excluding steroid dienone is 2. The van der Waals surface area contributed by atoms with Gasteiger partial charge in [-0.3, -0.25) is 0 Å². The molecule has 0 saturated heterocycles. The van der Waals surface area contributed by atoms with Crippen LogP contribution in [0.5, 0.6) is 0 Å². The van der Waals surface area contributed by atoms with Crippen molar-refractivity contribution in [2.45, 2.75) is 11.6 Å². The summed E-state index contributed by atoms with van der Waals surface area (Å²) in [7, 11) is 0. The molecule has 3 nitrogen and oxygen atoms in total. The van der Waals surface area contributed by atoms with Crippen LogP contribution in [0.4, 0.5) is 11.4 Å². The van der Waals surface area contributed by atoms with Crippen LogP contribution >= 0.6 is 0 Å². The van der Waals surface area contributed by atoms with Gasteiger partial charge >= 0.3 is 0 Å². The average molecular weight is 277 g/mol. The van der Waals surface area contributed by atoms with Gasteiger partial charge in [0, 0.05) is 11.4 Å². The molecule has 3 heteroatoms. The van der Waals surface area contributed by atoms with E-state index in [0.717, 1.165) is 16.9 Å². The van der Waals surface area contributed by atoms with Gasteiger partial charge < -0.3 is 16.8 Å². The van der Waals surface area contributed by atoms with Crippen LogP contribution in [0.3, 0.4) is 0 Å². The molecule has 2 aromatic carbocycles. The Balaban J connectivity index is 2.05. The summed E-state index contributed by atoms with van der Waals surface area (Å²) in [4.78, 5) is 0. The third-order valence-corrected chi connectivity index (χ3v) is 3.83. The smallest absolute Gasteiger partial charge is 0.100 e. The Morgan fingerprint density at radius 3 is 2.29 bits per heavy atom. The number of rotatable bonds is 3. The lowest BCUT2D eigenvalue weighted by molar-refractivity contribution is 0.535. The van der Waals surface area contributed by atoms with Crippen molar-refractivity contribution in [1.82, 2.24) is 0 Å². The lowest BCUT2D eigenvalue weighted by Gasteiger charge is -2.39. The van der Waals surface area contributed by atoms with E-state index >= 15 is 0 Å². The van der Waals surface area contributed by atoms with E-state index in [1.807, 2.05) is 72.8 Å². The topological polar surface area (TPSA) is 64.1 Å². The summed E-state index contributed by atoms with van der Waals surface area (Å²) in [5.41, 5.74) is 14.6. The fourth-order valence-electron chi connectivity index (χ4n) is 2.66. The highest BCUT2D eigenvalue weighted by Gasteiger charge is 2.36. The fourth-order valence-corrected chi connectivity index (χ4v) is 2.66. The lowest BCUT2D eigenvalue weighted by atomic mass is 9.80. The van der Waals surface area contributed by atoms with Crippen molar-refractivity contribution in [1.29, 1.82) is 0 Å². The van der Waals surface area contributed by atoms with E-state index in [-0.39, 0.29) is 6.04 Å². The lowest BCUT2D eigenvalue weighted by Crippen LogP contribution is -2.49. The summed E-state index contributed by atoms with van der Waals surface area (Å²) in [5, 5.41) is 3.58. The first-order valence-corrected chi connectivity index (χ1v) is 7.01. The zero-order chi connectivity index (χ0) is 14.7. The first-order valence-electron chi connectivity index (χ1n) is 7.01. The summed E-state index contributed by atoms with van der Waals surface area (Å²) in [5.74, 6) is 0. The predicted molar refractivity (Wildman–Crippen MR) is 88.9 cm³/mol. The van der Waals surface area contributed by atoms with E-state index < -0.39 is 5.54 Å². The quantitative estimate of drug-likeness (QED) is 0.756. The summed E-state index contributed by atoms with van der Waals surface area (Å²) >= 11 is 0. The summed E-state index contributed by atoms with van der Waals surface area (Å²) < 4.78 is 0. The standard InChI is InChI=1S/C18H19N3/c19-15-11-9-14(10-12-15)18(13-5-4-8-17(18)20)21-16-6-2-1-3-7-16/h1-13,17,21H,19-20H2. The molecule has 0 spiro atoms. The van der Waals surface area contributed by atoms with E-state index in [4.69, 9.17) is 11.5 Å². The van der Waals surface area contributed by atoms with Crippen LogP contribution in [-0.2, 0) is 5.54 Å². The van der Waals surface area contributed by atoms with Crippen LogP contribution in [0.25, 0.3) is 0 Å². The Labute approximate surface area is 125 Å². The molecule has 0 aliphatic heterocycles. The Morgan fingerprint density at radius 1 is 0.905 bits per heavy atom. The van der Waals surface area contributed by atoms with E-state index in [9.17, 15) is 0 Å². The second-order valence-corrected chi connectivity index (χ2v) is 5.25. The van der Waals surface area contributed by atoms with Crippen LogP contribution in [0.15, 0.2) is 78.9 Å². The number of anilines is 2. The number of hydrogen-bond acceptors (Lipinski definition) is 3. The van der Waals surface area contributed by atoms with Crippen LogP contribution in [-0.4, -0.2) is 6.04 Å². The van der Waals surface area contributed by atoms with Gasteiger partial charge in [0.05, 0.1) is 6.04 Å². The Hall–Kier alpha value is -2.52.